The summed E-state index contributed by atoms with van der Waals surface area (Å²) < 4.78 is 33.9. The Bertz CT molecular complexity index is 3630. The fraction of sp³-hybridized carbons (Fsp3) is 0.411. The Kier molecular flexibility index (Phi) is 15.6. The number of esters is 2. The van der Waals surface area contributed by atoms with E-state index in [4.69, 9.17) is 23.4 Å². The fourth-order valence-electron chi connectivity index (χ4n) is 16.5. The normalized spacial score (nSPS) is 28.7. The third-order valence-corrected chi connectivity index (χ3v) is 20.6. The van der Waals surface area contributed by atoms with Crippen molar-refractivity contribution in [3.8, 4) is 5.75 Å². The fourth-order valence-corrected chi connectivity index (χ4v) is 16.5. The van der Waals surface area contributed by atoms with Gasteiger partial charge in [0.2, 0.25) is 0 Å². The summed E-state index contributed by atoms with van der Waals surface area (Å²) in [6, 6.07) is 40.7. The molecule has 0 unspecified atom stereocenters. The lowest BCUT2D eigenvalue weighted by atomic mass is 9.64. The molecule has 14 rings (SSSR count). The zero-order valence-corrected chi connectivity index (χ0v) is 48.1. The molecule has 0 radical (unpaired) electrons. The van der Waals surface area contributed by atoms with Crippen LogP contribution in [0.15, 0.2) is 166 Å². The standard InChI is InChI=1S/C73H76O11/c1-44(41-75)54-27-22-45-20-23-47(24-21-45)55-28-26-49(48-14-11-17-53(38-48)72(33-9-4-10-34-72)52-15-5-3-6-16-52)37-51(55)39-64(77)81-68-66-63(31-30-59-61(42-76)65(71(79)82-67(59)66)50(32-36-74)43-80-2)84-73(69(68)83-70(54)78)35-12-19-58-57-29-25-46-13-7-8-18-56(46)60(57)40-62(58)73/h3,5-8,11-21,23-26,28-31,38,49-51,55,57-58,60,62,68-69,74-76H,4,9-10,22,27,32-37,39-43H2,1-2H3/b54-44-/t49-,50+,51-,55-,57+,58-,60+,62-,68+,69-,73-/m0/s1. The number of hydrogen-bond acceptors (Lipinski definition) is 11. The van der Waals surface area contributed by atoms with Crippen molar-refractivity contribution in [2.45, 2.75) is 137 Å². The Balaban J connectivity index is 0.964. The molecule has 0 saturated heterocycles. The van der Waals surface area contributed by atoms with Crippen LogP contribution in [-0.4, -0.2) is 65.9 Å². The lowest BCUT2D eigenvalue weighted by Crippen LogP contribution is -2.61. The summed E-state index contributed by atoms with van der Waals surface area (Å²) in [5, 5.41) is 32.6. The van der Waals surface area contributed by atoms with E-state index >= 15 is 9.59 Å². The van der Waals surface area contributed by atoms with Gasteiger partial charge in [-0.1, -0.05) is 159 Å². The van der Waals surface area contributed by atoms with Gasteiger partial charge >= 0.3 is 17.6 Å². The van der Waals surface area contributed by atoms with Crippen molar-refractivity contribution in [2.24, 2.45) is 23.7 Å². The first kappa shape index (κ1) is 56.0. The summed E-state index contributed by atoms with van der Waals surface area (Å²) >= 11 is 0. The van der Waals surface area contributed by atoms with Gasteiger partial charge in [0.25, 0.3) is 0 Å². The molecule has 11 heteroatoms. The first-order valence-corrected chi connectivity index (χ1v) is 30.6. The van der Waals surface area contributed by atoms with E-state index in [2.05, 4.69) is 140 Å². The second kappa shape index (κ2) is 23.4. The molecule has 11 atom stereocenters. The Morgan fingerprint density at radius 3 is 2.36 bits per heavy atom. The van der Waals surface area contributed by atoms with Crippen molar-refractivity contribution in [1.82, 2.24) is 0 Å². The Morgan fingerprint density at radius 1 is 0.774 bits per heavy atom. The third-order valence-electron chi connectivity index (χ3n) is 20.6. The highest BCUT2D eigenvalue weighted by atomic mass is 16.6. The van der Waals surface area contributed by atoms with Gasteiger partial charge in [-0.2, -0.15) is 0 Å². The SMILES string of the molecule is COC[C@@H](CCO)c1c(CO)c2ccc3c(c2oc1=O)[C@H]1OC(=O)C[C@@H]2C[C@@H](c4cccc(C5(c6ccccc6)CCCCC5)c4)C=C[C@H]2c2ccc(cc2)CC/C(=C(\C)CO)C(=O)O[C@@H]1[C@@]1(CC=C[C@H]2[C@H]4C=Cc5ccccc5[C@H]4C[C@@H]21)O3. The number of ether oxygens (including phenoxy) is 4. The van der Waals surface area contributed by atoms with Crippen LogP contribution in [0.2, 0.25) is 0 Å². The molecule has 1 aromatic heterocycles. The van der Waals surface area contributed by atoms with Crippen molar-refractivity contribution in [3.63, 3.8) is 0 Å². The van der Waals surface area contributed by atoms with Gasteiger partial charge in [0.05, 0.1) is 25.4 Å². The lowest BCUT2D eigenvalue weighted by Gasteiger charge is -2.52. The molecule has 4 heterocycles. The second-order valence-corrected chi connectivity index (χ2v) is 25.0. The largest absolute Gasteiger partial charge is 0.482 e. The summed E-state index contributed by atoms with van der Waals surface area (Å²) in [6.07, 6.45) is 19.1. The van der Waals surface area contributed by atoms with Gasteiger partial charge in [0.15, 0.2) is 17.8 Å². The van der Waals surface area contributed by atoms with E-state index in [1.54, 1.807) is 19.1 Å². The number of aryl methyl sites for hydroxylation is 1. The van der Waals surface area contributed by atoms with Gasteiger partial charge in [0.1, 0.15) is 11.3 Å². The van der Waals surface area contributed by atoms with Crippen molar-refractivity contribution in [1.29, 1.82) is 0 Å². The molecule has 1 spiro atoms. The first-order chi connectivity index (χ1) is 41.1. The molecule has 5 aromatic carbocycles. The van der Waals surface area contributed by atoms with Crippen LogP contribution in [0.5, 0.6) is 5.75 Å². The number of rotatable bonds is 10. The molecular formula is C73H76O11. The van der Waals surface area contributed by atoms with Crippen molar-refractivity contribution >= 4 is 29.0 Å². The molecule has 2 bridgehead atoms. The van der Waals surface area contributed by atoms with Crippen molar-refractivity contribution < 1.29 is 48.3 Å². The molecular weight excluding hydrogens is 1050 g/mol. The zero-order valence-electron chi connectivity index (χ0n) is 48.1. The van der Waals surface area contributed by atoms with Gasteiger partial charge in [-0.25, -0.2) is 9.59 Å². The van der Waals surface area contributed by atoms with E-state index in [1.807, 2.05) is 0 Å². The molecule has 3 aliphatic heterocycles. The minimum atomic E-state index is -1.38. The predicted molar refractivity (Wildman–Crippen MR) is 323 cm³/mol. The van der Waals surface area contributed by atoms with Gasteiger partial charge in [-0.15, -0.1) is 0 Å². The summed E-state index contributed by atoms with van der Waals surface area (Å²) in [6.45, 7) is 0.657. The molecule has 2 saturated carbocycles. The number of aliphatic hydroxyl groups is 3. The first-order valence-electron chi connectivity index (χ1n) is 30.6. The number of hydrogen-bond donors (Lipinski definition) is 3. The van der Waals surface area contributed by atoms with Crippen LogP contribution in [-0.2, 0) is 42.2 Å². The summed E-state index contributed by atoms with van der Waals surface area (Å²) in [5.41, 5.74) is 7.74. The average molecular weight is 1130 g/mol. The number of carbonyl (C=O) groups excluding carboxylic acids is 2. The lowest BCUT2D eigenvalue weighted by molar-refractivity contribution is -0.205. The number of carbonyl (C=O) groups is 2. The van der Waals surface area contributed by atoms with E-state index in [-0.39, 0.29) is 103 Å². The highest BCUT2D eigenvalue weighted by Gasteiger charge is 2.64. The average Bonchev–Trinajstić information content (AvgIpc) is 1.55. The van der Waals surface area contributed by atoms with E-state index in [1.165, 1.54) is 48.6 Å². The van der Waals surface area contributed by atoms with E-state index in [0.717, 1.165) is 29.5 Å². The Morgan fingerprint density at radius 2 is 1.57 bits per heavy atom. The molecule has 11 nitrogen and oxygen atoms in total. The minimum Gasteiger partial charge on any atom is -0.482 e. The van der Waals surface area contributed by atoms with E-state index in [0.29, 0.717) is 53.5 Å². The van der Waals surface area contributed by atoms with Crippen LogP contribution in [0.4, 0.5) is 0 Å². The summed E-state index contributed by atoms with van der Waals surface area (Å²) in [7, 11) is 1.52. The third kappa shape index (κ3) is 9.82. The maximum atomic E-state index is 15.8. The number of benzene rings is 5. The molecule has 3 N–H and O–H groups in total. The van der Waals surface area contributed by atoms with Crippen LogP contribution in [0, 0.1) is 23.7 Å². The Labute approximate surface area is 491 Å². The number of fused-ring (bicyclic) bond motifs is 17. The molecule has 0 amide bonds. The van der Waals surface area contributed by atoms with Gasteiger partial charge < -0.3 is 38.7 Å². The molecule has 434 valence electrons. The van der Waals surface area contributed by atoms with Crippen LogP contribution in [0.3, 0.4) is 0 Å². The second-order valence-electron chi connectivity index (χ2n) is 25.0. The van der Waals surface area contributed by atoms with E-state index in [9.17, 15) is 20.1 Å². The number of aliphatic hydroxyl groups excluding tert-OH is 3. The predicted octanol–water partition coefficient (Wildman–Crippen LogP) is 13.1. The summed E-state index contributed by atoms with van der Waals surface area (Å²) in [4.78, 5) is 46.1. The van der Waals surface area contributed by atoms with Crippen molar-refractivity contribution in [3.05, 3.63) is 223 Å². The Hall–Kier alpha value is -7.15. The smallest absolute Gasteiger partial charge is 0.340 e. The van der Waals surface area contributed by atoms with Gasteiger partial charge in [-0.3, -0.25) is 4.79 Å². The van der Waals surface area contributed by atoms with Crippen LogP contribution in [0.1, 0.15) is 163 Å². The maximum absolute atomic E-state index is 15.8. The molecule has 6 aromatic rings. The highest BCUT2D eigenvalue weighted by Crippen LogP contribution is 2.62. The highest BCUT2D eigenvalue weighted by molar-refractivity contribution is 5.90. The monoisotopic (exact) mass is 1130 g/mol. The zero-order chi connectivity index (χ0) is 57.7. The van der Waals surface area contributed by atoms with Crippen LogP contribution in [0.25, 0.3) is 17.0 Å². The molecule has 5 aliphatic carbocycles. The molecule has 84 heavy (non-hydrogen) atoms. The maximum Gasteiger partial charge on any atom is 0.340 e. The van der Waals surface area contributed by atoms with Gasteiger partial charge in [0, 0.05) is 72.2 Å². The summed E-state index contributed by atoms with van der Waals surface area (Å²) in [5.74, 6) is -1.96. The topological polar surface area (TPSA) is 162 Å². The van der Waals surface area contributed by atoms with E-state index < -0.39 is 47.9 Å². The quantitative estimate of drug-likeness (QED) is 0.0518. The van der Waals surface area contributed by atoms with Crippen molar-refractivity contribution in [2.75, 3.05) is 26.9 Å². The van der Waals surface area contributed by atoms with Gasteiger partial charge in [-0.05, 0) is 138 Å². The minimum absolute atomic E-state index is 0.00541. The van der Waals surface area contributed by atoms with Crippen LogP contribution < -0.4 is 10.4 Å². The van der Waals surface area contributed by atoms with Crippen LogP contribution >= 0.6 is 0 Å². The molecule has 2 fully saturated rings. The number of methoxy groups -OCH3 is 1. The molecule has 8 aliphatic rings. The number of allylic oxidation sites excluding steroid dienone is 4.